The smallest absolute Gasteiger partial charge is 0.233 e. The fraction of sp³-hybridized carbons (Fsp3) is 0.783. The van der Waals surface area contributed by atoms with Crippen molar-refractivity contribution in [3.05, 3.63) is 0 Å². The lowest BCUT2D eigenvalue weighted by atomic mass is 9.20. The second-order valence-corrected chi connectivity index (χ2v) is 12.1. The summed E-state index contributed by atoms with van der Waals surface area (Å²) in [5.74, 6) is -1.51. The van der Waals surface area contributed by atoms with E-state index in [1.165, 1.54) is 16.8 Å². The molecule has 7 rings (SSSR count). The molecular formula is C23H26B3N2O5. The van der Waals surface area contributed by atoms with E-state index in [-0.39, 0.29) is 70.8 Å². The van der Waals surface area contributed by atoms with Crippen molar-refractivity contribution in [2.45, 2.75) is 45.3 Å². The maximum Gasteiger partial charge on any atom is 0.233 e. The summed E-state index contributed by atoms with van der Waals surface area (Å²) in [6, 6.07) is 0. The molecule has 4 amide bonds. The number of imide groups is 2. The molecule has 2 spiro atoms. The number of Topliss-reactive ketones (excluding diaryl/α,β-unsaturated/α-hetero) is 1. The van der Waals surface area contributed by atoms with Crippen LogP contribution in [0.25, 0.3) is 0 Å². The van der Waals surface area contributed by atoms with Crippen LogP contribution in [0, 0.1) is 58.2 Å². The topological polar surface area (TPSA) is 91.8 Å². The molecule has 7 unspecified atom stereocenters. The van der Waals surface area contributed by atoms with E-state index >= 15 is 0 Å². The quantitative estimate of drug-likeness (QED) is 0.448. The van der Waals surface area contributed by atoms with Crippen molar-refractivity contribution in [1.29, 1.82) is 0 Å². The Morgan fingerprint density at radius 3 is 1.82 bits per heavy atom. The van der Waals surface area contributed by atoms with Crippen molar-refractivity contribution in [3.8, 4) is 0 Å². The number of likely N-dealkylation sites (tertiary alicyclic amines) is 1. The van der Waals surface area contributed by atoms with Gasteiger partial charge in [0.25, 0.3) is 0 Å². The third-order valence-electron chi connectivity index (χ3n) is 11.3. The van der Waals surface area contributed by atoms with Crippen LogP contribution < -0.4 is 0 Å². The molecule has 7 aliphatic rings. The van der Waals surface area contributed by atoms with Crippen molar-refractivity contribution in [2.75, 3.05) is 7.05 Å². The number of rotatable bonds is 2. The van der Waals surface area contributed by atoms with Crippen LogP contribution >= 0.6 is 0 Å². The van der Waals surface area contributed by atoms with E-state index in [4.69, 9.17) is 7.74 Å². The van der Waals surface area contributed by atoms with Crippen molar-refractivity contribution in [2.24, 2.45) is 58.2 Å². The number of nitrogens with zero attached hydrogens (tertiary/aromatic N) is 2. The number of carbonyl (C=O) groups is 5. The zero-order valence-corrected chi connectivity index (χ0v) is 19.0. The number of fused-ring (bicyclic) bond motifs is 12. The Morgan fingerprint density at radius 1 is 0.818 bits per heavy atom. The van der Waals surface area contributed by atoms with E-state index < -0.39 is 23.5 Å². The summed E-state index contributed by atoms with van der Waals surface area (Å²) in [5, 5.41) is 0. The van der Waals surface area contributed by atoms with Gasteiger partial charge in [0.2, 0.25) is 30.4 Å². The Morgan fingerprint density at radius 2 is 1.27 bits per heavy atom. The van der Waals surface area contributed by atoms with E-state index in [1.54, 1.807) is 13.9 Å². The highest BCUT2D eigenvalue weighted by atomic mass is 16.2. The van der Waals surface area contributed by atoms with Crippen LogP contribution in [0.15, 0.2) is 0 Å². The lowest BCUT2D eigenvalue weighted by Crippen LogP contribution is -2.49. The molecule has 10 heteroatoms. The van der Waals surface area contributed by atoms with E-state index in [9.17, 15) is 24.0 Å². The normalized spacial score (nSPS) is 51.2. The lowest BCUT2D eigenvalue weighted by molar-refractivity contribution is -0.145. The molecule has 7 nitrogen and oxygen atoms in total. The van der Waals surface area contributed by atoms with Gasteiger partial charge in [-0.1, -0.05) is 6.82 Å². The number of hydrogen-bond donors (Lipinski definition) is 0. The van der Waals surface area contributed by atoms with Gasteiger partial charge in [-0.15, -0.1) is 0 Å². The molecular weight excluding hydrogens is 417 g/mol. The summed E-state index contributed by atoms with van der Waals surface area (Å²) in [5.41, 5.74) is -1.08. The molecule has 7 fully saturated rings. The first-order chi connectivity index (χ1) is 15.7. The van der Waals surface area contributed by atoms with Crippen molar-refractivity contribution < 1.29 is 24.0 Å². The third kappa shape index (κ3) is 2.00. The summed E-state index contributed by atoms with van der Waals surface area (Å²) < 4.78 is 0. The molecule has 2 saturated heterocycles. The zero-order chi connectivity index (χ0) is 23.2. The van der Waals surface area contributed by atoms with Crippen LogP contribution in [0.1, 0.15) is 38.5 Å². The van der Waals surface area contributed by atoms with Gasteiger partial charge in [-0.05, 0) is 62.2 Å². The number of amides is 4. The van der Waals surface area contributed by atoms with Crippen LogP contribution in [0.2, 0.25) is 6.82 Å². The Balaban J connectivity index is 1.22. The molecule has 167 valence electrons. The monoisotopic (exact) mass is 443 g/mol. The highest BCUT2D eigenvalue weighted by Gasteiger charge is 2.78. The molecule has 5 saturated carbocycles. The molecule has 5 aliphatic carbocycles. The molecule has 4 bridgehead atoms. The predicted molar refractivity (Wildman–Crippen MR) is 118 cm³/mol. The fourth-order valence-electron chi connectivity index (χ4n) is 10.2. The van der Waals surface area contributed by atoms with Gasteiger partial charge in [0.05, 0.1) is 30.7 Å². The van der Waals surface area contributed by atoms with E-state index in [0.29, 0.717) is 12.8 Å². The molecule has 10 atom stereocenters. The first kappa shape index (κ1) is 20.5. The second-order valence-electron chi connectivity index (χ2n) is 12.1. The van der Waals surface area contributed by atoms with Gasteiger partial charge in [-0.25, -0.2) is 0 Å². The van der Waals surface area contributed by atoms with Gasteiger partial charge >= 0.3 is 0 Å². The van der Waals surface area contributed by atoms with Gasteiger partial charge in [0, 0.05) is 25.6 Å². The maximum atomic E-state index is 14.4. The minimum atomic E-state index is -0.551. The molecule has 3 radical (unpaired) electrons. The van der Waals surface area contributed by atoms with Gasteiger partial charge in [-0.3, -0.25) is 28.9 Å². The predicted octanol–water partition coefficient (Wildman–Crippen LogP) is 0.140. The van der Waals surface area contributed by atoms with Crippen molar-refractivity contribution in [3.63, 3.8) is 0 Å². The molecule has 0 aromatic carbocycles. The van der Waals surface area contributed by atoms with E-state index in [1.807, 2.05) is 0 Å². The van der Waals surface area contributed by atoms with Gasteiger partial charge in [-0.2, -0.15) is 0 Å². The maximum absolute atomic E-state index is 14.4. The summed E-state index contributed by atoms with van der Waals surface area (Å²) in [7, 11) is 8.60. The fourth-order valence-corrected chi connectivity index (χ4v) is 10.2. The zero-order valence-electron chi connectivity index (χ0n) is 19.0. The summed E-state index contributed by atoms with van der Waals surface area (Å²) in [6.07, 6.45) is 4.44. The lowest BCUT2D eigenvalue weighted by Gasteiger charge is -2.42. The van der Waals surface area contributed by atoms with Crippen LogP contribution in [0.4, 0.5) is 0 Å². The minimum Gasteiger partial charge on any atom is -0.338 e. The molecule has 2 heterocycles. The van der Waals surface area contributed by atoms with Crippen molar-refractivity contribution >= 4 is 50.9 Å². The average molecular weight is 443 g/mol. The van der Waals surface area contributed by atoms with E-state index in [2.05, 4.69) is 0 Å². The first-order valence-electron chi connectivity index (χ1n) is 12.5. The highest BCUT2D eigenvalue weighted by molar-refractivity contribution is 7.30. The van der Waals surface area contributed by atoms with Crippen LogP contribution in [-0.4, -0.2) is 67.7 Å². The van der Waals surface area contributed by atoms with Crippen molar-refractivity contribution in [1.82, 2.24) is 9.71 Å². The largest absolute Gasteiger partial charge is 0.338 e. The standard InChI is InChI=1S/C23H26B3N2O5/c1-26(25-24)28-19(31)14-10-6-12(16(14)20(28)32)23(8-10)4-3-22(21(23)33)7-9-5-11(22)15-13(9)17(29)27(2)18(15)30/h9-16H,3-8H2,1-2H3/t9?,10?,11-,12-,13?,14?,15?,16?,22?,23-/m1/s1. The minimum absolute atomic E-state index is 0.0556. The average Bonchev–Trinajstić information content (AvgIpc) is 3.63. The molecule has 0 aromatic rings. The second kappa shape index (κ2) is 6.03. The number of ketones is 1. The molecule has 0 N–H and O–H groups in total. The molecule has 33 heavy (non-hydrogen) atoms. The van der Waals surface area contributed by atoms with Gasteiger partial charge in [0.15, 0.2) is 0 Å². The molecule has 0 aromatic heterocycles. The van der Waals surface area contributed by atoms with Crippen LogP contribution in [0.5, 0.6) is 0 Å². The molecule has 2 aliphatic heterocycles. The van der Waals surface area contributed by atoms with Gasteiger partial charge in [0.1, 0.15) is 5.78 Å². The number of carbonyl (C=O) groups excluding carboxylic acids is 5. The Kier molecular flexibility index (Phi) is 3.75. The van der Waals surface area contributed by atoms with E-state index in [0.717, 1.165) is 25.7 Å². The highest BCUT2D eigenvalue weighted by Crippen LogP contribution is 2.75. The van der Waals surface area contributed by atoms with Crippen LogP contribution in [0.3, 0.4) is 0 Å². The Labute approximate surface area is 195 Å². The van der Waals surface area contributed by atoms with Gasteiger partial charge < -0.3 is 4.81 Å². The SMILES string of the molecule is [B][B]B(C)N1C(=O)C2C3C[C@H](C2C1=O)[C@@]1(CCC2(CC4C[C@@H]2C2C(=O)N(C)C(=O)C42)C1=O)C3. The summed E-state index contributed by atoms with van der Waals surface area (Å²) >= 11 is 0. The third-order valence-corrected chi connectivity index (χ3v) is 11.3. The summed E-state index contributed by atoms with van der Waals surface area (Å²) in [4.78, 5) is 69.1. The Hall–Kier alpha value is -1.86. The summed E-state index contributed by atoms with van der Waals surface area (Å²) in [6.45, 7) is 1.31. The number of hydrogen-bond acceptors (Lipinski definition) is 5. The first-order valence-corrected chi connectivity index (χ1v) is 12.5. The van der Waals surface area contributed by atoms with Crippen LogP contribution in [-0.2, 0) is 24.0 Å². The Bertz CT molecular complexity index is 1070.